The van der Waals surface area contributed by atoms with Gasteiger partial charge in [0.2, 0.25) is 0 Å². The van der Waals surface area contributed by atoms with Crippen molar-refractivity contribution in [1.29, 1.82) is 0 Å². The highest BCUT2D eigenvalue weighted by atomic mass is 16.7. The highest BCUT2D eigenvalue weighted by Crippen LogP contribution is 2.19. The lowest BCUT2D eigenvalue weighted by Crippen LogP contribution is -2.49. The quantitative estimate of drug-likeness (QED) is 0.636. The van der Waals surface area contributed by atoms with Crippen LogP contribution in [-0.4, -0.2) is 58.1 Å². The molecule has 0 aromatic heterocycles. The number of nitrogens with zero attached hydrogens (tertiary/aromatic N) is 2. The molecule has 1 aliphatic rings. The molecule has 1 aromatic rings. The Morgan fingerprint density at radius 3 is 2.42 bits per heavy atom. The second-order valence-corrected chi connectivity index (χ2v) is 4.78. The molecule has 0 bridgehead atoms. The van der Waals surface area contributed by atoms with Crippen LogP contribution in [0.15, 0.2) is 24.3 Å². The summed E-state index contributed by atoms with van der Waals surface area (Å²) in [7, 11) is 3.36. The van der Waals surface area contributed by atoms with Crippen molar-refractivity contribution in [3.63, 3.8) is 0 Å². The molecule has 1 heterocycles. The molecule has 2 N–H and O–H groups in total. The number of ether oxygens (including phenoxy) is 2. The van der Waals surface area contributed by atoms with Gasteiger partial charge in [-0.1, -0.05) is 6.07 Å². The van der Waals surface area contributed by atoms with Crippen molar-refractivity contribution in [1.82, 2.24) is 4.90 Å². The van der Waals surface area contributed by atoms with Gasteiger partial charge in [0.1, 0.15) is 0 Å². The van der Waals surface area contributed by atoms with Gasteiger partial charge >= 0.3 is 0 Å². The fourth-order valence-corrected chi connectivity index (χ4v) is 2.37. The van der Waals surface area contributed by atoms with Crippen molar-refractivity contribution in [3.05, 3.63) is 24.3 Å². The van der Waals surface area contributed by atoms with Crippen LogP contribution in [0.1, 0.15) is 0 Å². The predicted molar refractivity (Wildman–Crippen MR) is 77.3 cm³/mol. The average molecular weight is 265 g/mol. The van der Waals surface area contributed by atoms with Gasteiger partial charge in [-0.05, 0) is 18.2 Å². The lowest BCUT2D eigenvalue weighted by Gasteiger charge is -2.37. The molecule has 0 aliphatic carbocycles. The third-order valence-electron chi connectivity index (χ3n) is 3.54. The summed E-state index contributed by atoms with van der Waals surface area (Å²) in [5, 5.41) is 0. The van der Waals surface area contributed by atoms with Crippen LogP contribution in [0.2, 0.25) is 0 Å². The van der Waals surface area contributed by atoms with Crippen molar-refractivity contribution in [2.24, 2.45) is 0 Å². The zero-order chi connectivity index (χ0) is 13.7. The number of anilines is 2. The van der Waals surface area contributed by atoms with Crippen LogP contribution in [0.25, 0.3) is 0 Å². The molecule has 5 nitrogen and oxygen atoms in total. The number of nitrogen functional groups attached to an aromatic ring is 1. The third-order valence-corrected chi connectivity index (χ3v) is 3.54. The second-order valence-electron chi connectivity index (χ2n) is 4.78. The Morgan fingerprint density at radius 2 is 1.84 bits per heavy atom. The van der Waals surface area contributed by atoms with Gasteiger partial charge in [-0.15, -0.1) is 0 Å². The molecular formula is C14H23N3O2. The van der Waals surface area contributed by atoms with Gasteiger partial charge in [0.15, 0.2) is 6.29 Å². The standard InChI is InChI=1S/C14H23N3O2/c1-18-14(19-2)11-16-6-8-17(9-7-16)13-5-3-4-12(15)10-13/h3-5,10,14H,6-9,11,15H2,1-2H3. The van der Waals surface area contributed by atoms with Crippen molar-refractivity contribution in [3.8, 4) is 0 Å². The largest absolute Gasteiger partial charge is 0.399 e. The normalized spacial score (nSPS) is 17.1. The maximum atomic E-state index is 5.82. The van der Waals surface area contributed by atoms with E-state index in [1.165, 1.54) is 5.69 Å². The summed E-state index contributed by atoms with van der Waals surface area (Å²) in [4.78, 5) is 4.72. The molecule has 1 aliphatic heterocycles. The first kappa shape index (κ1) is 14.1. The molecule has 1 saturated heterocycles. The monoisotopic (exact) mass is 265 g/mol. The second kappa shape index (κ2) is 6.75. The van der Waals surface area contributed by atoms with E-state index in [0.29, 0.717) is 0 Å². The Kier molecular flexibility index (Phi) is 5.01. The van der Waals surface area contributed by atoms with E-state index in [1.54, 1.807) is 14.2 Å². The Morgan fingerprint density at radius 1 is 1.16 bits per heavy atom. The molecule has 0 radical (unpaired) electrons. The molecule has 0 atom stereocenters. The number of methoxy groups -OCH3 is 2. The average Bonchev–Trinajstić information content (AvgIpc) is 2.45. The Bertz CT molecular complexity index is 388. The Balaban J connectivity index is 1.85. The molecule has 0 spiro atoms. The summed E-state index contributed by atoms with van der Waals surface area (Å²) in [5.41, 5.74) is 7.85. The van der Waals surface area contributed by atoms with Crippen LogP contribution < -0.4 is 10.6 Å². The van der Waals surface area contributed by atoms with Gasteiger partial charge in [-0.2, -0.15) is 0 Å². The van der Waals surface area contributed by atoms with Crippen LogP contribution in [0, 0.1) is 0 Å². The molecule has 0 unspecified atom stereocenters. The maximum Gasteiger partial charge on any atom is 0.169 e. The zero-order valence-corrected chi connectivity index (χ0v) is 11.7. The first-order valence-corrected chi connectivity index (χ1v) is 6.61. The number of nitrogens with two attached hydrogens (primary N) is 1. The number of benzene rings is 1. The topological polar surface area (TPSA) is 51.0 Å². The van der Waals surface area contributed by atoms with E-state index >= 15 is 0 Å². The number of hydrogen-bond donors (Lipinski definition) is 1. The molecule has 0 saturated carbocycles. The van der Waals surface area contributed by atoms with Gasteiger partial charge in [-0.3, -0.25) is 4.90 Å². The van der Waals surface area contributed by atoms with Gasteiger partial charge < -0.3 is 20.1 Å². The zero-order valence-electron chi connectivity index (χ0n) is 11.7. The van der Waals surface area contributed by atoms with E-state index in [1.807, 2.05) is 18.2 Å². The van der Waals surface area contributed by atoms with Gasteiger partial charge in [-0.25, -0.2) is 0 Å². The summed E-state index contributed by atoms with van der Waals surface area (Å²) >= 11 is 0. The minimum Gasteiger partial charge on any atom is -0.399 e. The van der Waals surface area contributed by atoms with Crippen LogP contribution >= 0.6 is 0 Å². The van der Waals surface area contributed by atoms with Gasteiger partial charge in [0.05, 0.1) is 0 Å². The number of piperazine rings is 1. The minimum atomic E-state index is -0.140. The lowest BCUT2D eigenvalue weighted by atomic mass is 10.2. The molecule has 0 amide bonds. The van der Waals surface area contributed by atoms with E-state index in [4.69, 9.17) is 15.2 Å². The third kappa shape index (κ3) is 3.83. The van der Waals surface area contributed by atoms with E-state index < -0.39 is 0 Å². The van der Waals surface area contributed by atoms with Crippen LogP contribution in [0.4, 0.5) is 11.4 Å². The molecule has 19 heavy (non-hydrogen) atoms. The molecule has 106 valence electrons. The van der Waals surface area contributed by atoms with E-state index in [9.17, 15) is 0 Å². The fraction of sp³-hybridized carbons (Fsp3) is 0.571. The summed E-state index contributed by atoms with van der Waals surface area (Å²) in [6, 6.07) is 8.06. The maximum absolute atomic E-state index is 5.82. The summed E-state index contributed by atoms with van der Waals surface area (Å²) < 4.78 is 10.5. The Labute approximate surface area is 114 Å². The van der Waals surface area contributed by atoms with Crippen LogP contribution in [0.5, 0.6) is 0 Å². The molecule has 5 heteroatoms. The van der Waals surface area contributed by atoms with Gasteiger partial charge in [0.25, 0.3) is 0 Å². The summed E-state index contributed by atoms with van der Waals surface area (Å²) in [6.07, 6.45) is -0.140. The number of hydrogen-bond acceptors (Lipinski definition) is 5. The fourth-order valence-electron chi connectivity index (χ4n) is 2.37. The molecule has 2 rings (SSSR count). The molecule has 1 aromatic carbocycles. The smallest absolute Gasteiger partial charge is 0.169 e. The first-order chi connectivity index (χ1) is 9.22. The molecule has 1 fully saturated rings. The molecular weight excluding hydrogens is 242 g/mol. The summed E-state index contributed by atoms with van der Waals surface area (Å²) in [6.45, 7) is 4.85. The van der Waals surface area contributed by atoms with Gasteiger partial charge in [0, 0.05) is 58.3 Å². The predicted octanol–water partition coefficient (Wildman–Crippen LogP) is 1.01. The van der Waals surface area contributed by atoms with E-state index in [0.717, 1.165) is 38.4 Å². The van der Waals surface area contributed by atoms with Crippen molar-refractivity contribution in [2.45, 2.75) is 6.29 Å². The van der Waals surface area contributed by atoms with E-state index in [-0.39, 0.29) is 6.29 Å². The highest BCUT2D eigenvalue weighted by Gasteiger charge is 2.20. The minimum absolute atomic E-state index is 0.140. The SMILES string of the molecule is COC(CN1CCN(c2cccc(N)c2)CC1)OC. The number of rotatable bonds is 5. The van der Waals surface area contributed by atoms with E-state index in [2.05, 4.69) is 15.9 Å². The van der Waals surface area contributed by atoms with Crippen molar-refractivity contribution < 1.29 is 9.47 Å². The lowest BCUT2D eigenvalue weighted by molar-refractivity contribution is -0.116. The van der Waals surface area contributed by atoms with Crippen LogP contribution in [0.3, 0.4) is 0 Å². The Hall–Kier alpha value is -1.30. The van der Waals surface area contributed by atoms with Crippen LogP contribution in [-0.2, 0) is 9.47 Å². The highest BCUT2D eigenvalue weighted by molar-refractivity contribution is 5.56. The first-order valence-electron chi connectivity index (χ1n) is 6.61. The summed E-state index contributed by atoms with van der Waals surface area (Å²) in [5.74, 6) is 0. The van der Waals surface area contributed by atoms with Crippen molar-refractivity contribution >= 4 is 11.4 Å². The van der Waals surface area contributed by atoms with Crippen molar-refractivity contribution in [2.75, 3.05) is 57.6 Å².